The Hall–Kier alpha value is -3.66. The number of para-hydroxylation sites is 1. The van der Waals surface area contributed by atoms with E-state index >= 15 is 0 Å². The second-order valence-corrected chi connectivity index (χ2v) is 11.6. The van der Waals surface area contributed by atoms with Crippen LogP contribution in [-0.4, -0.2) is 40.9 Å². The minimum atomic E-state index is -0.949. The molecule has 0 unspecified atom stereocenters. The normalized spacial score (nSPS) is 16.5. The maximum absolute atomic E-state index is 11.6. The van der Waals surface area contributed by atoms with Crippen molar-refractivity contribution in [3.05, 3.63) is 88.8 Å². The maximum atomic E-state index is 11.6. The molecule has 0 saturated heterocycles. The predicted octanol–water partition coefficient (Wildman–Crippen LogP) is 7.71. The van der Waals surface area contributed by atoms with Gasteiger partial charge in [0.2, 0.25) is 0 Å². The number of hydrogen-bond acceptors (Lipinski definition) is 6. The maximum Gasteiger partial charge on any atom is 0.323 e. The Morgan fingerprint density at radius 1 is 1.10 bits per heavy atom. The van der Waals surface area contributed by atoms with Crippen LogP contribution in [0.3, 0.4) is 0 Å². The van der Waals surface area contributed by atoms with Crippen molar-refractivity contribution in [2.75, 3.05) is 23.9 Å². The molecule has 3 aromatic carbocycles. The largest absolute Gasteiger partial charge is 0.497 e. The van der Waals surface area contributed by atoms with Gasteiger partial charge in [0.05, 0.1) is 23.5 Å². The van der Waals surface area contributed by atoms with Gasteiger partial charge < -0.3 is 25.4 Å². The van der Waals surface area contributed by atoms with Crippen LogP contribution in [0.25, 0.3) is 11.3 Å². The Balaban J connectivity index is 1.16. The van der Waals surface area contributed by atoms with Crippen molar-refractivity contribution in [2.45, 2.75) is 37.6 Å². The van der Waals surface area contributed by atoms with Gasteiger partial charge >= 0.3 is 5.97 Å². The number of halogens is 1. The van der Waals surface area contributed by atoms with Crippen molar-refractivity contribution in [3.63, 3.8) is 0 Å². The number of anilines is 3. The number of aromatic nitrogens is 1. The van der Waals surface area contributed by atoms with Gasteiger partial charge in [-0.25, -0.2) is 4.98 Å². The van der Waals surface area contributed by atoms with Crippen LogP contribution in [-0.2, 0) is 4.79 Å². The van der Waals surface area contributed by atoms with Crippen LogP contribution in [0, 0.1) is 0 Å². The van der Waals surface area contributed by atoms with Crippen LogP contribution in [0.4, 0.5) is 16.5 Å². The van der Waals surface area contributed by atoms with Gasteiger partial charge in [-0.15, -0.1) is 11.3 Å². The number of carbonyl (C=O) groups is 1. The molecule has 10 heteroatoms. The third-order valence-corrected chi connectivity index (χ3v) is 8.68. The van der Waals surface area contributed by atoms with Gasteiger partial charge in [-0.3, -0.25) is 4.79 Å². The first-order valence-corrected chi connectivity index (χ1v) is 15.1. The molecule has 1 fully saturated rings. The molecule has 3 N–H and O–H groups in total. The molecule has 0 bridgehead atoms. The Morgan fingerprint density at radius 2 is 1.85 bits per heavy atom. The molecule has 1 aliphatic carbocycles. The Labute approximate surface area is 254 Å². The molecule has 7 nitrogen and oxygen atoms in total. The number of rotatable bonds is 9. The van der Waals surface area contributed by atoms with Gasteiger partial charge in [0, 0.05) is 28.7 Å². The zero-order valence-corrected chi connectivity index (χ0v) is 24.9. The average Bonchev–Trinajstić information content (AvgIpc) is 3.46. The molecule has 5 rings (SSSR count). The molecule has 212 valence electrons. The lowest BCUT2D eigenvalue weighted by Crippen LogP contribution is -2.47. The summed E-state index contributed by atoms with van der Waals surface area (Å²) in [6.45, 7) is -0.225. The number of benzene rings is 3. The number of carboxylic acid groups (broad SMARTS) is 1. The minimum absolute atomic E-state index is 0.193. The fraction of sp³-hybridized carbons (Fsp3) is 0.258. The van der Waals surface area contributed by atoms with E-state index in [1.807, 2.05) is 47.8 Å². The average molecular weight is 607 g/mol. The fourth-order valence-corrected chi connectivity index (χ4v) is 6.34. The van der Waals surface area contributed by atoms with E-state index < -0.39 is 5.97 Å². The highest BCUT2D eigenvalue weighted by Gasteiger charge is 2.25. The quantitative estimate of drug-likeness (QED) is 0.167. The van der Waals surface area contributed by atoms with Crippen molar-refractivity contribution >= 4 is 62.7 Å². The standard InChI is InChI=1S/C31H31ClN4O3S2/c1-39-25-6-4-5-24(17-25)36(18-29(37)38)31(40)33-23-15-13-21(14-16-23)20-9-11-22(12-10-20)28-19-41-30(35-28)34-27-8-3-2-7-26(27)32/h2-12,17,19,21,23H,13-16,18H2,1H3,(H,33,40)(H,34,35)(H,37,38). The van der Waals surface area contributed by atoms with Crippen molar-refractivity contribution in [2.24, 2.45) is 0 Å². The molecule has 4 aromatic rings. The van der Waals surface area contributed by atoms with Gasteiger partial charge in [-0.2, -0.15) is 0 Å². The molecule has 0 radical (unpaired) electrons. The van der Waals surface area contributed by atoms with E-state index in [1.54, 1.807) is 29.4 Å². The first-order valence-electron chi connectivity index (χ1n) is 13.4. The number of carboxylic acids is 1. The smallest absolute Gasteiger partial charge is 0.323 e. The van der Waals surface area contributed by atoms with E-state index in [1.165, 1.54) is 5.56 Å². The van der Waals surface area contributed by atoms with Gasteiger partial charge in [-0.1, -0.05) is 54.1 Å². The van der Waals surface area contributed by atoms with Crippen molar-refractivity contribution in [1.82, 2.24) is 10.3 Å². The minimum Gasteiger partial charge on any atom is -0.497 e. The SMILES string of the molecule is COc1cccc(N(CC(=O)O)C(=S)NC2CCC(c3ccc(-c4csc(Nc5ccccc5Cl)n4)cc3)CC2)c1. The number of methoxy groups -OCH3 is 1. The summed E-state index contributed by atoms with van der Waals surface area (Å²) in [5, 5.41) is 20.1. The van der Waals surface area contributed by atoms with E-state index in [-0.39, 0.29) is 12.6 Å². The zero-order chi connectivity index (χ0) is 28.8. The molecule has 1 aromatic heterocycles. The highest BCUT2D eigenvalue weighted by Crippen LogP contribution is 2.35. The van der Waals surface area contributed by atoms with Crippen LogP contribution in [0.15, 0.2) is 78.2 Å². The molecular formula is C31H31ClN4O3S2. The third-order valence-electron chi connectivity index (χ3n) is 7.26. The summed E-state index contributed by atoms with van der Waals surface area (Å²) in [4.78, 5) is 17.9. The van der Waals surface area contributed by atoms with Crippen LogP contribution >= 0.6 is 35.2 Å². The molecule has 1 aliphatic rings. The first kappa shape index (κ1) is 28.9. The monoisotopic (exact) mass is 606 g/mol. The fourth-order valence-electron chi connectivity index (χ4n) is 5.09. The lowest BCUT2D eigenvalue weighted by atomic mass is 9.81. The summed E-state index contributed by atoms with van der Waals surface area (Å²) >= 11 is 13.5. The molecule has 0 amide bonds. The summed E-state index contributed by atoms with van der Waals surface area (Å²) in [6.07, 6.45) is 3.96. The van der Waals surface area contributed by atoms with E-state index in [9.17, 15) is 9.90 Å². The van der Waals surface area contributed by atoms with Crippen LogP contribution in [0.5, 0.6) is 5.75 Å². The van der Waals surface area contributed by atoms with Gasteiger partial charge in [0.15, 0.2) is 10.2 Å². The summed E-state index contributed by atoms with van der Waals surface area (Å²) in [6, 6.07) is 23.8. The van der Waals surface area contributed by atoms with Crippen LogP contribution in [0.1, 0.15) is 37.2 Å². The molecule has 0 spiro atoms. The molecule has 1 saturated carbocycles. The predicted molar refractivity (Wildman–Crippen MR) is 171 cm³/mol. The summed E-state index contributed by atoms with van der Waals surface area (Å²) < 4.78 is 5.30. The molecule has 41 heavy (non-hydrogen) atoms. The second kappa shape index (κ2) is 13.3. The number of hydrogen-bond donors (Lipinski definition) is 3. The lowest BCUT2D eigenvalue weighted by molar-refractivity contribution is -0.135. The topological polar surface area (TPSA) is 86.7 Å². The lowest BCUT2D eigenvalue weighted by Gasteiger charge is -2.33. The van der Waals surface area contributed by atoms with Crippen molar-refractivity contribution < 1.29 is 14.6 Å². The number of thiocarbonyl (C=S) groups is 1. The van der Waals surface area contributed by atoms with Gasteiger partial charge in [-0.05, 0) is 73.6 Å². The first-order chi connectivity index (χ1) is 19.9. The van der Waals surface area contributed by atoms with Crippen molar-refractivity contribution in [3.8, 4) is 17.0 Å². The van der Waals surface area contributed by atoms with E-state index in [4.69, 9.17) is 33.5 Å². The molecule has 0 aliphatic heterocycles. The summed E-state index contributed by atoms with van der Waals surface area (Å²) in [7, 11) is 1.58. The van der Waals surface area contributed by atoms with E-state index in [0.29, 0.717) is 27.5 Å². The molecular weight excluding hydrogens is 576 g/mol. The Kier molecular flexibility index (Phi) is 9.38. The van der Waals surface area contributed by atoms with Crippen molar-refractivity contribution in [1.29, 1.82) is 0 Å². The summed E-state index contributed by atoms with van der Waals surface area (Å²) in [5.74, 6) is 0.170. The molecule has 1 heterocycles. The number of aliphatic carboxylic acids is 1. The van der Waals surface area contributed by atoms with Gasteiger partial charge in [0.25, 0.3) is 0 Å². The number of nitrogens with zero attached hydrogens (tertiary/aromatic N) is 2. The highest BCUT2D eigenvalue weighted by atomic mass is 35.5. The Morgan fingerprint density at radius 3 is 2.56 bits per heavy atom. The van der Waals surface area contributed by atoms with Gasteiger partial charge in [0.1, 0.15) is 12.3 Å². The summed E-state index contributed by atoms with van der Waals surface area (Å²) in [5.41, 5.74) is 4.85. The van der Waals surface area contributed by atoms with E-state index in [2.05, 4.69) is 34.9 Å². The van der Waals surface area contributed by atoms with E-state index in [0.717, 1.165) is 47.8 Å². The van der Waals surface area contributed by atoms with Crippen LogP contribution in [0.2, 0.25) is 5.02 Å². The molecule has 0 atom stereocenters. The Bertz CT molecular complexity index is 1500. The number of ether oxygens (including phenoxy) is 1. The number of nitrogens with one attached hydrogen (secondary N) is 2. The van der Waals surface area contributed by atoms with Crippen LogP contribution < -0.4 is 20.3 Å². The number of thiazole rings is 1. The second-order valence-electron chi connectivity index (χ2n) is 9.94. The highest BCUT2D eigenvalue weighted by molar-refractivity contribution is 7.80. The zero-order valence-electron chi connectivity index (χ0n) is 22.5. The third kappa shape index (κ3) is 7.35.